The van der Waals surface area contributed by atoms with E-state index in [-0.39, 0.29) is 11.3 Å². The summed E-state index contributed by atoms with van der Waals surface area (Å²) in [5.41, 5.74) is 4.25. The van der Waals surface area contributed by atoms with Crippen LogP contribution in [-0.2, 0) is 9.59 Å². The average Bonchev–Trinajstić information content (AvgIpc) is 2.97. The van der Waals surface area contributed by atoms with Crippen LogP contribution in [-0.4, -0.2) is 28.6 Å². The van der Waals surface area contributed by atoms with Crippen LogP contribution in [0.25, 0.3) is 0 Å². The molecule has 4 N–H and O–H groups in total. The van der Waals surface area contributed by atoms with E-state index in [4.69, 9.17) is 5.73 Å². The van der Waals surface area contributed by atoms with Gasteiger partial charge in [0.1, 0.15) is 5.54 Å². The fourth-order valence-electron chi connectivity index (χ4n) is 1.72. The topological polar surface area (TPSA) is 92.4 Å². The monoisotopic (exact) mass is 242 g/mol. The molecule has 1 aliphatic rings. The summed E-state index contributed by atoms with van der Waals surface area (Å²) in [6, 6.07) is -0.708. The van der Waals surface area contributed by atoms with Gasteiger partial charge in [0, 0.05) is 0 Å². The quantitative estimate of drug-likeness (QED) is 0.677. The van der Waals surface area contributed by atoms with Crippen molar-refractivity contribution < 1.29 is 14.7 Å². The first-order chi connectivity index (χ1) is 7.59. The molecule has 0 aromatic heterocycles. The molecule has 1 amide bonds. The van der Waals surface area contributed by atoms with Crippen molar-refractivity contribution in [3.8, 4) is 0 Å². The van der Waals surface area contributed by atoms with Crippen LogP contribution in [0.15, 0.2) is 0 Å². The van der Waals surface area contributed by atoms with Crippen LogP contribution in [0.4, 0.5) is 0 Å². The molecule has 1 aliphatic carbocycles. The second-order valence-corrected chi connectivity index (χ2v) is 6.11. The molecule has 0 aromatic carbocycles. The molecule has 0 radical (unpaired) electrons. The highest BCUT2D eigenvalue weighted by Gasteiger charge is 2.49. The highest BCUT2D eigenvalue weighted by molar-refractivity contribution is 5.90. The van der Waals surface area contributed by atoms with Crippen LogP contribution in [0.2, 0.25) is 0 Å². The maximum absolute atomic E-state index is 11.9. The van der Waals surface area contributed by atoms with Crippen LogP contribution in [0.5, 0.6) is 0 Å². The molecule has 1 fully saturated rings. The lowest BCUT2D eigenvalue weighted by atomic mass is 9.85. The number of nitrogens with two attached hydrogens (primary N) is 1. The highest BCUT2D eigenvalue weighted by atomic mass is 16.4. The summed E-state index contributed by atoms with van der Waals surface area (Å²) in [5.74, 6) is -1.36. The molecule has 0 heterocycles. The molecule has 0 aliphatic heterocycles. The summed E-state index contributed by atoms with van der Waals surface area (Å²) in [6.07, 6.45) is 1.68. The lowest BCUT2D eigenvalue weighted by Gasteiger charge is -2.32. The number of amides is 1. The number of hydrogen-bond donors (Lipinski definition) is 3. The third-order valence-electron chi connectivity index (χ3n) is 3.44. The molecule has 2 atom stereocenters. The summed E-state index contributed by atoms with van der Waals surface area (Å²) in [5, 5.41) is 11.8. The Labute approximate surface area is 102 Å². The van der Waals surface area contributed by atoms with Gasteiger partial charge in [0.25, 0.3) is 0 Å². The van der Waals surface area contributed by atoms with E-state index in [1.807, 2.05) is 20.8 Å². The van der Waals surface area contributed by atoms with E-state index in [2.05, 4.69) is 5.32 Å². The maximum Gasteiger partial charge on any atom is 0.329 e. The fraction of sp³-hybridized carbons (Fsp3) is 0.833. The molecule has 0 spiro atoms. The van der Waals surface area contributed by atoms with Crippen molar-refractivity contribution in [3.63, 3.8) is 0 Å². The zero-order chi connectivity index (χ0) is 13.4. The van der Waals surface area contributed by atoms with Gasteiger partial charge in [-0.15, -0.1) is 0 Å². The standard InChI is InChI=1S/C12H22N2O3/c1-11(2,3)8(13)9(15)14-12(4,10(16)17)7-5-6-7/h7-8H,5-6,13H2,1-4H3,(H,14,15)(H,16,17)/t8-,12?/m0/s1. The molecule has 17 heavy (non-hydrogen) atoms. The zero-order valence-corrected chi connectivity index (χ0v) is 10.9. The van der Waals surface area contributed by atoms with E-state index >= 15 is 0 Å². The summed E-state index contributed by atoms with van der Waals surface area (Å²) in [7, 11) is 0. The van der Waals surface area contributed by atoms with Crippen molar-refractivity contribution in [1.82, 2.24) is 5.32 Å². The Morgan fingerprint density at radius 2 is 1.76 bits per heavy atom. The number of carboxylic acid groups (broad SMARTS) is 1. The van der Waals surface area contributed by atoms with Crippen molar-refractivity contribution in [3.05, 3.63) is 0 Å². The number of rotatable bonds is 4. The largest absolute Gasteiger partial charge is 0.480 e. The van der Waals surface area contributed by atoms with E-state index in [1.54, 1.807) is 6.92 Å². The Kier molecular flexibility index (Phi) is 3.52. The summed E-state index contributed by atoms with van der Waals surface area (Å²) in [6.45, 7) is 7.12. The number of carbonyl (C=O) groups excluding carboxylic acids is 1. The van der Waals surface area contributed by atoms with Gasteiger partial charge in [0.05, 0.1) is 6.04 Å². The van der Waals surface area contributed by atoms with Crippen LogP contribution in [0.3, 0.4) is 0 Å². The number of nitrogens with one attached hydrogen (secondary N) is 1. The Balaban J connectivity index is 2.75. The van der Waals surface area contributed by atoms with E-state index in [0.717, 1.165) is 12.8 Å². The SMILES string of the molecule is CC(NC(=O)[C@H](N)C(C)(C)C)(C(=O)O)C1CC1. The van der Waals surface area contributed by atoms with Crippen molar-refractivity contribution in [2.24, 2.45) is 17.1 Å². The molecule has 98 valence electrons. The minimum absolute atomic E-state index is 0.0242. The molecule has 5 heteroatoms. The third-order valence-corrected chi connectivity index (χ3v) is 3.44. The van der Waals surface area contributed by atoms with Crippen LogP contribution in [0, 0.1) is 11.3 Å². The van der Waals surface area contributed by atoms with Gasteiger partial charge in [0.2, 0.25) is 5.91 Å². The van der Waals surface area contributed by atoms with Gasteiger partial charge < -0.3 is 16.2 Å². The molecular weight excluding hydrogens is 220 g/mol. The van der Waals surface area contributed by atoms with Gasteiger partial charge in [-0.25, -0.2) is 4.79 Å². The molecule has 0 aromatic rings. The number of aliphatic carboxylic acids is 1. The van der Waals surface area contributed by atoms with E-state index in [0.29, 0.717) is 0 Å². The summed E-state index contributed by atoms with van der Waals surface area (Å²) < 4.78 is 0. The molecule has 0 saturated heterocycles. The smallest absolute Gasteiger partial charge is 0.329 e. The predicted octanol–water partition coefficient (Wildman–Crippen LogP) is 0.729. The molecule has 0 bridgehead atoms. The van der Waals surface area contributed by atoms with Crippen LogP contribution in [0.1, 0.15) is 40.5 Å². The number of hydrogen-bond acceptors (Lipinski definition) is 3. The van der Waals surface area contributed by atoms with E-state index in [1.165, 1.54) is 0 Å². The maximum atomic E-state index is 11.9. The Morgan fingerprint density at radius 1 is 1.29 bits per heavy atom. The first-order valence-electron chi connectivity index (χ1n) is 5.90. The van der Waals surface area contributed by atoms with Crippen molar-refractivity contribution in [2.75, 3.05) is 0 Å². The van der Waals surface area contributed by atoms with Gasteiger partial charge in [-0.05, 0) is 31.1 Å². The Bertz CT molecular complexity index is 331. The first kappa shape index (κ1) is 14.0. The van der Waals surface area contributed by atoms with Gasteiger partial charge in [-0.1, -0.05) is 20.8 Å². The predicted molar refractivity (Wildman–Crippen MR) is 64.3 cm³/mol. The Morgan fingerprint density at radius 3 is 2.06 bits per heavy atom. The van der Waals surface area contributed by atoms with Gasteiger partial charge in [-0.2, -0.15) is 0 Å². The normalized spacial score (nSPS) is 21.5. The minimum atomic E-state index is -1.18. The third kappa shape index (κ3) is 2.97. The lowest BCUT2D eigenvalue weighted by molar-refractivity contribution is -0.148. The zero-order valence-electron chi connectivity index (χ0n) is 10.9. The molecule has 5 nitrogen and oxygen atoms in total. The fourth-order valence-corrected chi connectivity index (χ4v) is 1.72. The van der Waals surface area contributed by atoms with Gasteiger partial charge in [-0.3, -0.25) is 4.79 Å². The Hall–Kier alpha value is -1.10. The van der Waals surface area contributed by atoms with Crippen molar-refractivity contribution in [2.45, 2.75) is 52.1 Å². The highest BCUT2D eigenvalue weighted by Crippen LogP contribution is 2.39. The second kappa shape index (κ2) is 4.29. The second-order valence-electron chi connectivity index (χ2n) is 6.11. The molecule has 1 rings (SSSR count). The number of carboxylic acids is 1. The van der Waals surface area contributed by atoms with Crippen LogP contribution < -0.4 is 11.1 Å². The van der Waals surface area contributed by atoms with Crippen molar-refractivity contribution >= 4 is 11.9 Å². The average molecular weight is 242 g/mol. The lowest BCUT2D eigenvalue weighted by Crippen LogP contribution is -2.60. The molecule has 1 saturated carbocycles. The van der Waals surface area contributed by atoms with E-state index in [9.17, 15) is 14.7 Å². The first-order valence-corrected chi connectivity index (χ1v) is 5.90. The minimum Gasteiger partial charge on any atom is -0.480 e. The van der Waals surface area contributed by atoms with Crippen LogP contribution >= 0.6 is 0 Å². The molecule has 1 unspecified atom stereocenters. The summed E-state index contributed by atoms with van der Waals surface area (Å²) >= 11 is 0. The van der Waals surface area contributed by atoms with Gasteiger partial charge in [0.15, 0.2) is 0 Å². The summed E-state index contributed by atoms with van der Waals surface area (Å²) in [4.78, 5) is 23.2. The van der Waals surface area contributed by atoms with Gasteiger partial charge >= 0.3 is 5.97 Å². The van der Waals surface area contributed by atoms with Crippen molar-refractivity contribution in [1.29, 1.82) is 0 Å². The van der Waals surface area contributed by atoms with E-state index < -0.39 is 23.5 Å². The number of carbonyl (C=O) groups is 2. The molecular formula is C12H22N2O3.